The molecule has 1 rings (SSSR count). The van der Waals surface area contributed by atoms with E-state index < -0.39 is 0 Å². The molecule has 2 heteroatoms. The molecule has 1 aromatic rings. The molecule has 0 bridgehead atoms. The summed E-state index contributed by atoms with van der Waals surface area (Å²) in [5.41, 5.74) is 7.84. The van der Waals surface area contributed by atoms with Gasteiger partial charge < -0.3 is 11.1 Å². The van der Waals surface area contributed by atoms with Crippen molar-refractivity contribution in [3.63, 3.8) is 0 Å². The highest BCUT2D eigenvalue weighted by atomic mass is 14.9. The molecule has 0 radical (unpaired) electrons. The third kappa shape index (κ3) is 5.17. The molecule has 1 aromatic carbocycles. The molecule has 0 aromatic heterocycles. The Balaban J connectivity index is 2.28. The molecule has 0 aliphatic carbocycles. The summed E-state index contributed by atoms with van der Waals surface area (Å²) in [5, 5.41) is 3.55. The van der Waals surface area contributed by atoms with E-state index in [4.69, 9.17) is 5.73 Å². The predicted molar refractivity (Wildman–Crippen MR) is 71.5 cm³/mol. The molecular weight excluding hydrogens is 196 g/mol. The lowest BCUT2D eigenvalue weighted by molar-refractivity contribution is 0.485. The van der Waals surface area contributed by atoms with E-state index in [1.165, 1.54) is 12.0 Å². The Hall–Kier alpha value is -1.02. The van der Waals surface area contributed by atoms with E-state index in [-0.39, 0.29) is 0 Å². The summed E-state index contributed by atoms with van der Waals surface area (Å²) in [6.45, 7) is 7.85. The summed E-state index contributed by atoms with van der Waals surface area (Å²) in [4.78, 5) is 0. The fourth-order valence-corrected chi connectivity index (χ4v) is 1.70. The van der Waals surface area contributed by atoms with Crippen LogP contribution in [0.5, 0.6) is 0 Å². The number of nitrogens with two attached hydrogens (primary N) is 1. The van der Waals surface area contributed by atoms with Gasteiger partial charge in [-0.05, 0) is 49.9 Å². The van der Waals surface area contributed by atoms with Crippen molar-refractivity contribution >= 4 is 5.69 Å². The lowest BCUT2D eigenvalue weighted by Crippen LogP contribution is -2.29. The highest BCUT2D eigenvalue weighted by molar-refractivity contribution is 5.39. The Morgan fingerprint density at radius 3 is 2.31 bits per heavy atom. The largest absolute Gasteiger partial charge is 0.399 e. The van der Waals surface area contributed by atoms with Gasteiger partial charge in [0.15, 0.2) is 0 Å². The molecule has 3 N–H and O–H groups in total. The Labute approximate surface area is 99.2 Å². The molecule has 0 saturated carbocycles. The zero-order valence-corrected chi connectivity index (χ0v) is 10.7. The van der Waals surface area contributed by atoms with Gasteiger partial charge in [0.2, 0.25) is 0 Å². The van der Waals surface area contributed by atoms with Crippen LogP contribution in [-0.2, 0) is 6.42 Å². The average molecular weight is 220 g/mol. The Bertz CT molecular complexity index is 290. The van der Waals surface area contributed by atoms with Crippen molar-refractivity contribution in [1.82, 2.24) is 5.32 Å². The van der Waals surface area contributed by atoms with Gasteiger partial charge in [0, 0.05) is 11.7 Å². The van der Waals surface area contributed by atoms with Crippen LogP contribution in [0.15, 0.2) is 24.3 Å². The van der Waals surface area contributed by atoms with Crippen molar-refractivity contribution in [3.05, 3.63) is 29.8 Å². The molecule has 1 atom stereocenters. The summed E-state index contributed by atoms with van der Waals surface area (Å²) in [5.74, 6) is 0.774. The van der Waals surface area contributed by atoms with E-state index >= 15 is 0 Å². The van der Waals surface area contributed by atoms with Gasteiger partial charge in [-0.1, -0.05) is 26.0 Å². The first kappa shape index (κ1) is 13.0. The van der Waals surface area contributed by atoms with Crippen molar-refractivity contribution < 1.29 is 0 Å². The van der Waals surface area contributed by atoms with Crippen LogP contribution in [0.3, 0.4) is 0 Å². The quantitative estimate of drug-likeness (QED) is 0.723. The summed E-state index contributed by atoms with van der Waals surface area (Å²) < 4.78 is 0. The van der Waals surface area contributed by atoms with Crippen LogP contribution in [0, 0.1) is 5.92 Å². The average Bonchev–Trinajstić information content (AvgIpc) is 2.21. The highest BCUT2D eigenvalue weighted by Gasteiger charge is 2.03. The minimum atomic E-state index is 0.530. The molecular formula is C14H24N2. The maximum Gasteiger partial charge on any atom is 0.0314 e. The van der Waals surface area contributed by atoms with Crippen molar-refractivity contribution in [2.75, 3.05) is 12.3 Å². The van der Waals surface area contributed by atoms with Crippen LogP contribution in [0.4, 0.5) is 5.69 Å². The standard InChI is InChI=1S/C14H24N2/c1-11(2)8-9-16-12(3)10-13-4-6-14(15)7-5-13/h4-7,11-12,16H,8-10,15H2,1-3H3. The Morgan fingerprint density at radius 2 is 1.75 bits per heavy atom. The molecule has 16 heavy (non-hydrogen) atoms. The zero-order chi connectivity index (χ0) is 12.0. The first-order valence-electron chi connectivity index (χ1n) is 6.15. The lowest BCUT2D eigenvalue weighted by Gasteiger charge is -2.14. The monoisotopic (exact) mass is 220 g/mol. The van der Waals surface area contributed by atoms with E-state index in [2.05, 4.69) is 38.2 Å². The number of hydrogen-bond acceptors (Lipinski definition) is 2. The number of nitrogens with one attached hydrogen (secondary N) is 1. The summed E-state index contributed by atoms with van der Waals surface area (Å²) >= 11 is 0. The van der Waals surface area contributed by atoms with Crippen LogP contribution in [0.2, 0.25) is 0 Å². The van der Waals surface area contributed by atoms with Gasteiger partial charge in [-0.25, -0.2) is 0 Å². The Kier molecular flexibility index (Phi) is 5.33. The SMILES string of the molecule is CC(C)CCNC(C)Cc1ccc(N)cc1. The van der Waals surface area contributed by atoms with Crippen LogP contribution >= 0.6 is 0 Å². The van der Waals surface area contributed by atoms with Gasteiger partial charge in [-0.2, -0.15) is 0 Å². The van der Waals surface area contributed by atoms with Crippen molar-refractivity contribution in [3.8, 4) is 0 Å². The lowest BCUT2D eigenvalue weighted by atomic mass is 10.1. The Morgan fingerprint density at radius 1 is 1.12 bits per heavy atom. The van der Waals surface area contributed by atoms with Gasteiger partial charge in [-0.15, -0.1) is 0 Å². The normalized spacial score (nSPS) is 13.0. The van der Waals surface area contributed by atoms with E-state index in [1.807, 2.05) is 12.1 Å². The van der Waals surface area contributed by atoms with E-state index in [0.29, 0.717) is 6.04 Å². The van der Waals surface area contributed by atoms with Crippen molar-refractivity contribution in [2.45, 2.75) is 39.7 Å². The summed E-state index contributed by atoms with van der Waals surface area (Å²) in [6, 6.07) is 8.68. The van der Waals surface area contributed by atoms with E-state index in [1.54, 1.807) is 0 Å². The van der Waals surface area contributed by atoms with Crippen LogP contribution in [-0.4, -0.2) is 12.6 Å². The highest BCUT2D eigenvalue weighted by Crippen LogP contribution is 2.08. The van der Waals surface area contributed by atoms with Gasteiger partial charge in [0.1, 0.15) is 0 Å². The van der Waals surface area contributed by atoms with Crippen LogP contribution in [0.25, 0.3) is 0 Å². The summed E-state index contributed by atoms with van der Waals surface area (Å²) in [6.07, 6.45) is 2.31. The van der Waals surface area contributed by atoms with Crippen LogP contribution in [0.1, 0.15) is 32.8 Å². The molecule has 1 unspecified atom stereocenters. The number of hydrogen-bond donors (Lipinski definition) is 2. The minimum Gasteiger partial charge on any atom is -0.399 e. The molecule has 0 spiro atoms. The van der Waals surface area contributed by atoms with Gasteiger partial charge >= 0.3 is 0 Å². The van der Waals surface area contributed by atoms with E-state index in [9.17, 15) is 0 Å². The third-order valence-electron chi connectivity index (χ3n) is 2.74. The molecule has 2 nitrogen and oxygen atoms in total. The topological polar surface area (TPSA) is 38.0 Å². The maximum atomic E-state index is 5.66. The molecule has 0 heterocycles. The predicted octanol–water partition coefficient (Wildman–Crippen LogP) is 2.84. The number of nitrogen functional groups attached to an aromatic ring is 1. The molecule has 0 amide bonds. The van der Waals surface area contributed by atoms with Gasteiger partial charge in [0.25, 0.3) is 0 Å². The smallest absolute Gasteiger partial charge is 0.0314 e. The number of benzene rings is 1. The van der Waals surface area contributed by atoms with Gasteiger partial charge in [0.05, 0.1) is 0 Å². The van der Waals surface area contributed by atoms with Crippen molar-refractivity contribution in [1.29, 1.82) is 0 Å². The molecule has 0 aliphatic heterocycles. The summed E-state index contributed by atoms with van der Waals surface area (Å²) in [7, 11) is 0. The van der Waals surface area contributed by atoms with Gasteiger partial charge in [-0.3, -0.25) is 0 Å². The van der Waals surface area contributed by atoms with E-state index in [0.717, 1.165) is 24.6 Å². The first-order chi connectivity index (χ1) is 7.58. The molecule has 0 saturated heterocycles. The second kappa shape index (κ2) is 6.54. The second-order valence-corrected chi connectivity index (χ2v) is 4.98. The molecule has 0 fully saturated rings. The third-order valence-corrected chi connectivity index (χ3v) is 2.74. The fraction of sp³-hybridized carbons (Fsp3) is 0.571. The first-order valence-corrected chi connectivity index (χ1v) is 6.15. The zero-order valence-electron chi connectivity index (χ0n) is 10.7. The fourth-order valence-electron chi connectivity index (χ4n) is 1.70. The number of anilines is 1. The number of rotatable bonds is 6. The second-order valence-electron chi connectivity index (χ2n) is 4.98. The maximum absolute atomic E-state index is 5.66. The molecule has 90 valence electrons. The van der Waals surface area contributed by atoms with Crippen LogP contribution < -0.4 is 11.1 Å². The van der Waals surface area contributed by atoms with Crippen molar-refractivity contribution in [2.24, 2.45) is 5.92 Å². The minimum absolute atomic E-state index is 0.530. The molecule has 0 aliphatic rings.